The van der Waals surface area contributed by atoms with Gasteiger partial charge in [-0.1, -0.05) is 42.1 Å². The van der Waals surface area contributed by atoms with Crippen molar-refractivity contribution in [3.63, 3.8) is 0 Å². The van der Waals surface area contributed by atoms with E-state index in [-0.39, 0.29) is 11.9 Å². The number of hydrogen-bond acceptors (Lipinski definition) is 7. The summed E-state index contributed by atoms with van der Waals surface area (Å²) in [7, 11) is 1.70. The van der Waals surface area contributed by atoms with E-state index < -0.39 is 12.2 Å². The minimum atomic E-state index is -0.450. The van der Waals surface area contributed by atoms with E-state index >= 15 is 0 Å². The van der Waals surface area contributed by atoms with Crippen LogP contribution in [-0.2, 0) is 16.0 Å². The zero-order valence-corrected chi connectivity index (χ0v) is 18.1. The first-order valence-electron chi connectivity index (χ1n) is 10.5. The molecule has 30 heavy (non-hydrogen) atoms. The van der Waals surface area contributed by atoms with Crippen LogP contribution in [0, 0.1) is 0 Å². The number of morpholine rings is 1. The van der Waals surface area contributed by atoms with Gasteiger partial charge in [0.2, 0.25) is 0 Å². The fourth-order valence-electron chi connectivity index (χ4n) is 4.04. The standard InChI is InChI=1S/C21H29N5O3S/c1-24-18-17(19(27)23-20(24)28)26(9-5-8-16-6-3-2-4-7-16)21(22-18)30-15-12-25-10-13-29-14-11-25/h2-4,6-7,17-18H,5,8-15H2,1H3,(H,23,27,28). The number of fused-ring (bicyclic) bond motifs is 1. The molecule has 1 aromatic rings. The van der Waals surface area contributed by atoms with Crippen molar-refractivity contribution in [2.75, 3.05) is 52.2 Å². The van der Waals surface area contributed by atoms with Gasteiger partial charge in [0.1, 0.15) is 0 Å². The van der Waals surface area contributed by atoms with Crippen LogP contribution in [0.5, 0.6) is 0 Å². The Morgan fingerprint density at radius 3 is 2.70 bits per heavy atom. The van der Waals surface area contributed by atoms with Crippen LogP contribution >= 0.6 is 11.8 Å². The van der Waals surface area contributed by atoms with Gasteiger partial charge < -0.3 is 14.5 Å². The maximum Gasteiger partial charge on any atom is 0.325 e. The Morgan fingerprint density at radius 2 is 1.93 bits per heavy atom. The number of rotatable bonds is 7. The van der Waals surface area contributed by atoms with Gasteiger partial charge in [-0.2, -0.15) is 0 Å². The number of amidine groups is 1. The monoisotopic (exact) mass is 431 g/mol. The molecule has 2 saturated heterocycles. The number of imide groups is 1. The van der Waals surface area contributed by atoms with Crippen LogP contribution < -0.4 is 5.32 Å². The van der Waals surface area contributed by atoms with E-state index in [1.807, 2.05) is 18.2 Å². The van der Waals surface area contributed by atoms with Crippen molar-refractivity contribution in [3.05, 3.63) is 35.9 Å². The first-order valence-corrected chi connectivity index (χ1v) is 11.5. The van der Waals surface area contributed by atoms with Gasteiger partial charge in [-0.05, 0) is 18.4 Å². The van der Waals surface area contributed by atoms with Crippen molar-refractivity contribution in [3.8, 4) is 0 Å². The molecule has 1 N–H and O–H groups in total. The maximum atomic E-state index is 12.6. The van der Waals surface area contributed by atoms with Crippen LogP contribution in [0.4, 0.5) is 4.79 Å². The molecule has 2 unspecified atom stereocenters. The summed E-state index contributed by atoms with van der Waals surface area (Å²) in [5, 5.41) is 3.33. The normalized spacial score (nSPS) is 24.6. The molecule has 2 atom stereocenters. The average Bonchev–Trinajstić information content (AvgIpc) is 3.13. The number of carbonyl (C=O) groups excluding carboxylic acids is 2. The molecule has 2 fully saturated rings. The number of likely N-dealkylation sites (N-methyl/N-ethyl adjacent to an activating group) is 1. The number of aryl methyl sites for hydroxylation is 1. The molecule has 3 amide bonds. The molecule has 162 valence electrons. The Bertz CT molecular complexity index is 784. The summed E-state index contributed by atoms with van der Waals surface area (Å²) in [5.74, 6) is 0.641. The van der Waals surface area contributed by atoms with E-state index in [9.17, 15) is 9.59 Å². The summed E-state index contributed by atoms with van der Waals surface area (Å²) in [6.07, 6.45) is 1.41. The predicted octanol–water partition coefficient (Wildman–Crippen LogP) is 1.23. The number of hydrogen-bond donors (Lipinski definition) is 1. The predicted molar refractivity (Wildman–Crippen MR) is 117 cm³/mol. The highest BCUT2D eigenvalue weighted by atomic mass is 32.2. The first kappa shape index (κ1) is 21.1. The molecule has 3 aliphatic rings. The summed E-state index contributed by atoms with van der Waals surface area (Å²) >= 11 is 1.68. The fraction of sp³-hybridized carbons (Fsp3) is 0.571. The van der Waals surface area contributed by atoms with Gasteiger partial charge in [0.15, 0.2) is 17.4 Å². The average molecular weight is 432 g/mol. The Morgan fingerprint density at radius 1 is 1.17 bits per heavy atom. The van der Waals surface area contributed by atoms with E-state index in [2.05, 4.69) is 27.2 Å². The lowest BCUT2D eigenvalue weighted by Crippen LogP contribution is -2.63. The Kier molecular flexibility index (Phi) is 6.91. The molecule has 8 nitrogen and oxygen atoms in total. The molecule has 4 rings (SSSR count). The molecule has 0 aromatic heterocycles. The largest absolute Gasteiger partial charge is 0.379 e. The van der Waals surface area contributed by atoms with E-state index in [1.54, 1.807) is 18.8 Å². The topological polar surface area (TPSA) is 77.5 Å². The van der Waals surface area contributed by atoms with Gasteiger partial charge in [0.25, 0.3) is 5.91 Å². The number of thioether (sulfide) groups is 1. The lowest BCUT2D eigenvalue weighted by atomic mass is 10.1. The van der Waals surface area contributed by atoms with Gasteiger partial charge in [-0.25, -0.2) is 9.79 Å². The minimum absolute atomic E-state index is 0.254. The van der Waals surface area contributed by atoms with Crippen LogP contribution in [0.25, 0.3) is 0 Å². The number of nitrogens with one attached hydrogen (secondary N) is 1. The quantitative estimate of drug-likeness (QED) is 0.700. The molecule has 9 heteroatoms. The van der Waals surface area contributed by atoms with Gasteiger partial charge >= 0.3 is 6.03 Å². The van der Waals surface area contributed by atoms with Gasteiger partial charge in [0.05, 0.1) is 13.2 Å². The van der Waals surface area contributed by atoms with Crippen molar-refractivity contribution >= 4 is 28.9 Å². The first-order chi connectivity index (χ1) is 14.6. The van der Waals surface area contributed by atoms with Gasteiger partial charge in [-0.3, -0.25) is 15.0 Å². The highest BCUT2D eigenvalue weighted by molar-refractivity contribution is 8.13. The molecule has 0 spiro atoms. The second-order valence-corrected chi connectivity index (χ2v) is 8.82. The molecule has 3 aliphatic heterocycles. The van der Waals surface area contributed by atoms with E-state index in [0.29, 0.717) is 0 Å². The molecular formula is C21H29N5O3S. The minimum Gasteiger partial charge on any atom is -0.379 e. The Hall–Kier alpha value is -2.10. The second-order valence-electron chi connectivity index (χ2n) is 7.76. The van der Waals surface area contributed by atoms with Crippen LogP contribution in [0.1, 0.15) is 12.0 Å². The number of amides is 3. The smallest absolute Gasteiger partial charge is 0.325 e. The summed E-state index contributed by atoms with van der Waals surface area (Å²) < 4.78 is 5.41. The Labute approximate surface area is 181 Å². The highest BCUT2D eigenvalue weighted by Crippen LogP contribution is 2.29. The lowest BCUT2D eigenvalue weighted by molar-refractivity contribution is -0.127. The van der Waals surface area contributed by atoms with Crippen molar-refractivity contribution < 1.29 is 14.3 Å². The summed E-state index contributed by atoms with van der Waals surface area (Å²) in [4.78, 5) is 35.5. The van der Waals surface area contributed by atoms with Crippen LogP contribution in [0.3, 0.4) is 0 Å². The fourth-order valence-corrected chi connectivity index (χ4v) is 5.13. The molecule has 3 heterocycles. The van der Waals surface area contributed by atoms with Crippen molar-refractivity contribution in [1.29, 1.82) is 0 Å². The van der Waals surface area contributed by atoms with Gasteiger partial charge in [-0.15, -0.1) is 0 Å². The number of ether oxygens (including phenoxy) is 1. The number of benzene rings is 1. The van der Waals surface area contributed by atoms with E-state index in [4.69, 9.17) is 9.73 Å². The molecule has 0 aliphatic carbocycles. The summed E-state index contributed by atoms with van der Waals surface area (Å²) in [5.41, 5.74) is 1.28. The molecule has 1 aromatic carbocycles. The third kappa shape index (κ3) is 4.79. The molecule has 0 bridgehead atoms. The van der Waals surface area contributed by atoms with Crippen molar-refractivity contribution in [2.24, 2.45) is 4.99 Å². The molecular weight excluding hydrogens is 402 g/mol. The maximum absolute atomic E-state index is 12.6. The van der Waals surface area contributed by atoms with Crippen LogP contribution in [-0.4, -0.2) is 96.2 Å². The number of nitrogens with zero attached hydrogens (tertiary/aromatic N) is 4. The van der Waals surface area contributed by atoms with Crippen LogP contribution in [0.15, 0.2) is 35.3 Å². The zero-order chi connectivity index (χ0) is 20.9. The summed E-state index contributed by atoms with van der Waals surface area (Å²) in [6.45, 7) is 5.18. The highest BCUT2D eigenvalue weighted by Gasteiger charge is 2.48. The Balaban J connectivity index is 1.40. The van der Waals surface area contributed by atoms with Crippen molar-refractivity contribution in [2.45, 2.75) is 25.0 Å². The second kappa shape index (κ2) is 9.80. The van der Waals surface area contributed by atoms with Crippen molar-refractivity contribution in [1.82, 2.24) is 20.0 Å². The number of urea groups is 1. The molecule has 0 saturated carbocycles. The van der Waals surface area contributed by atoms with Gasteiger partial charge in [0, 0.05) is 39.0 Å². The zero-order valence-electron chi connectivity index (χ0n) is 17.3. The SMILES string of the molecule is CN1C(=O)NC(=O)C2C1N=C(SCCN1CCOCC1)N2CCCc1ccccc1. The molecule has 0 radical (unpaired) electrons. The number of aliphatic imine (C=N–C) groups is 1. The van der Waals surface area contributed by atoms with E-state index in [0.717, 1.165) is 63.2 Å². The summed E-state index contributed by atoms with van der Waals surface area (Å²) in [6, 6.07) is 9.53. The van der Waals surface area contributed by atoms with Crippen LogP contribution in [0.2, 0.25) is 0 Å². The van der Waals surface area contributed by atoms with E-state index in [1.165, 1.54) is 10.5 Å². The number of carbonyl (C=O) groups is 2. The lowest BCUT2D eigenvalue weighted by Gasteiger charge is -2.36. The third-order valence-corrected chi connectivity index (χ3v) is 6.76. The third-order valence-electron chi connectivity index (χ3n) is 5.77.